The summed E-state index contributed by atoms with van der Waals surface area (Å²) in [5.41, 5.74) is 2.41. The van der Waals surface area contributed by atoms with Gasteiger partial charge in [-0.15, -0.1) is 0 Å². The van der Waals surface area contributed by atoms with Gasteiger partial charge in [0.2, 0.25) is 0 Å². The standard InChI is InChI=1S/C21H31F2NO3/c1-21(2,3)10-14-11-24-6-5-13-7-19(27-12-20(22)23)18(26-4)8-15(13)16(24)9-17(14)25/h7-8,14,16-17,20,25H,5-6,9-12H2,1-4H3/t14-,16-,17+/m1/s1. The van der Waals surface area contributed by atoms with E-state index in [-0.39, 0.29) is 23.5 Å². The Balaban J connectivity index is 1.82. The number of benzene rings is 1. The molecule has 0 unspecified atom stereocenters. The largest absolute Gasteiger partial charge is 0.493 e. The molecule has 1 N–H and O–H groups in total. The summed E-state index contributed by atoms with van der Waals surface area (Å²) in [6, 6.07) is 3.88. The molecule has 1 aromatic carbocycles. The topological polar surface area (TPSA) is 41.9 Å². The third kappa shape index (κ3) is 4.72. The van der Waals surface area contributed by atoms with Gasteiger partial charge in [-0.2, -0.15) is 0 Å². The summed E-state index contributed by atoms with van der Waals surface area (Å²) in [7, 11) is 1.52. The molecule has 27 heavy (non-hydrogen) atoms. The molecule has 1 aromatic rings. The Labute approximate surface area is 160 Å². The normalized spacial score (nSPS) is 25.9. The van der Waals surface area contributed by atoms with Crippen molar-refractivity contribution in [3.8, 4) is 11.5 Å². The third-order valence-corrected chi connectivity index (χ3v) is 5.61. The average Bonchev–Trinajstić information content (AvgIpc) is 2.58. The number of rotatable bonds is 5. The van der Waals surface area contributed by atoms with E-state index in [1.54, 1.807) is 0 Å². The van der Waals surface area contributed by atoms with Gasteiger partial charge in [-0.1, -0.05) is 20.8 Å². The number of hydrogen-bond donors (Lipinski definition) is 1. The fraction of sp³-hybridized carbons (Fsp3) is 0.714. The summed E-state index contributed by atoms with van der Waals surface area (Å²) >= 11 is 0. The van der Waals surface area contributed by atoms with E-state index < -0.39 is 13.0 Å². The predicted molar refractivity (Wildman–Crippen MR) is 101 cm³/mol. The van der Waals surface area contributed by atoms with Crippen molar-refractivity contribution < 1.29 is 23.4 Å². The number of piperidine rings is 1. The van der Waals surface area contributed by atoms with Crippen molar-refractivity contribution in [3.63, 3.8) is 0 Å². The zero-order chi connectivity index (χ0) is 19.8. The highest BCUT2D eigenvalue weighted by atomic mass is 19.3. The van der Waals surface area contributed by atoms with Crippen LogP contribution in [-0.2, 0) is 6.42 Å². The Hall–Kier alpha value is -1.40. The first-order valence-electron chi connectivity index (χ1n) is 9.72. The molecule has 0 spiro atoms. The molecule has 0 aliphatic carbocycles. The SMILES string of the molecule is COc1cc2c(cc1OCC(F)F)CCN1C[C@@H](CC(C)(C)C)[C@@H](O)C[C@H]21. The monoisotopic (exact) mass is 383 g/mol. The number of aliphatic hydroxyl groups is 1. The number of alkyl halides is 2. The predicted octanol–water partition coefficient (Wildman–Crippen LogP) is 4.06. The Bertz CT molecular complexity index is 660. The van der Waals surface area contributed by atoms with E-state index in [9.17, 15) is 13.9 Å². The van der Waals surface area contributed by atoms with Crippen molar-refractivity contribution in [2.45, 2.75) is 58.6 Å². The van der Waals surface area contributed by atoms with Crippen LogP contribution in [0.25, 0.3) is 0 Å². The summed E-state index contributed by atoms with van der Waals surface area (Å²) in [6.45, 7) is 7.79. The Kier molecular flexibility index (Phi) is 5.96. The molecule has 2 aliphatic heterocycles. The molecular weight excluding hydrogens is 352 g/mol. The maximum absolute atomic E-state index is 12.5. The van der Waals surface area contributed by atoms with E-state index in [0.717, 1.165) is 37.1 Å². The molecule has 0 bridgehead atoms. The Morgan fingerprint density at radius 3 is 2.63 bits per heavy atom. The number of halogens is 2. The van der Waals surface area contributed by atoms with Crippen LogP contribution in [0.15, 0.2) is 12.1 Å². The minimum absolute atomic E-state index is 0.137. The zero-order valence-corrected chi connectivity index (χ0v) is 16.7. The van der Waals surface area contributed by atoms with Gasteiger partial charge >= 0.3 is 0 Å². The van der Waals surface area contributed by atoms with Crippen LogP contribution >= 0.6 is 0 Å². The third-order valence-electron chi connectivity index (χ3n) is 5.61. The maximum Gasteiger partial charge on any atom is 0.272 e. The maximum atomic E-state index is 12.5. The fourth-order valence-electron chi connectivity index (χ4n) is 4.51. The molecule has 3 atom stereocenters. The van der Waals surface area contributed by atoms with Gasteiger partial charge in [-0.3, -0.25) is 4.90 Å². The zero-order valence-electron chi connectivity index (χ0n) is 16.7. The van der Waals surface area contributed by atoms with Gasteiger partial charge < -0.3 is 14.6 Å². The molecule has 3 rings (SSSR count). The van der Waals surface area contributed by atoms with Crippen LogP contribution in [0.2, 0.25) is 0 Å². The van der Waals surface area contributed by atoms with Gasteiger partial charge in [0, 0.05) is 19.1 Å². The summed E-state index contributed by atoms with van der Waals surface area (Å²) in [5, 5.41) is 10.8. The minimum atomic E-state index is -2.52. The van der Waals surface area contributed by atoms with Crippen molar-refractivity contribution in [2.24, 2.45) is 11.3 Å². The number of aliphatic hydroxyl groups excluding tert-OH is 1. The molecule has 152 valence electrons. The number of nitrogens with zero attached hydrogens (tertiary/aromatic N) is 1. The number of ether oxygens (including phenoxy) is 2. The quantitative estimate of drug-likeness (QED) is 0.833. The van der Waals surface area contributed by atoms with Crippen molar-refractivity contribution in [1.29, 1.82) is 0 Å². The summed E-state index contributed by atoms with van der Waals surface area (Å²) < 4.78 is 35.7. The Morgan fingerprint density at radius 2 is 2.00 bits per heavy atom. The molecule has 0 amide bonds. The van der Waals surface area contributed by atoms with Gasteiger partial charge in [0.15, 0.2) is 11.5 Å². The van der Waals surface area contributed by atoms with E-state index in [1.807, 2.05) is 12.1 Å². The van der Waals surface area contributed by atoms with Gasteiger partial charge in [-0.05, 0) is 53.9 Å². The second kappa shape index (κ2) is 7.92. The van der Waals surface area contributed by atoms with Gasteiger partial charge in [0.25, 0.3) is 6.43 Å². The number of methoxy groups -OCH3 is 1. The smallest absolute Gasteiger partial charge is 0.272 e. The van der Waals surface area contributed by atoms with Crippen LogP contribution in [0.4, 0.5) is 8.78 Å². The second-order valence-electron chi connectivity index (χ2n) is 8.99. The second-order valence-corrected chi connectivity index (χ2v) is 8.99. The van der Waals surface area contributed by atoms with E-state index >= 15 is 0 Å². The molecule has 6 heteroatoms. The molecule has 2 heterocycles. The Morgan fingerprint density at radius 1 is 1.26 bits per heavy atom. The molecule has 1 saturated heterocycles. The lowest BCUT2D eigenvalue weighted by Crippen LogP contribution is -2.48. The molecule has 0 saturated carbocycles. The van der Waals surface area contributed by atoms with E-state index in [1.165, 1.54) is 7.11 Å². The van der Waals surface area contributed by atoms with Crippen molar-refractivity contribution in [2.75, 3.05) is 26.8 Å². The van der Waals surface area contributed by atoms with Gasteiger partial charge in [0.1, 0.15) is 6.61 Å². The van der Waals surface area contributed by atoms with Crippen LogP contribution in [-0.4, -0.2) is 49.3 Å². The minimum Gasteiger partial charge on any atom is -0.493 e. The first-order chi connectivity index (χ1) is 12.7. The molecule has 0 radical (unpaired) electrons. The summed E-state index contributed by atoms with van der Waals surface area (Å²) in [6.07, 6.45) is -0.326. The molecule has 2 aliphatic rings. The highest BCUT2D eigenvalue weighted by molar-refractivity contribution is 5.49. The van der Waals surface area contributed by atoms with Gasteiger partial charge in [0.05, 0.1) is 13.2 Å². The fourth-order valence-corrected chi connectivity index (χ4v) is 4.51. The van der Waals surface area contributed by atoms with Crippen LogP contribution in [0, 0.1) is 11.3 Å². The van der Waals surface area contributed by atoms with Gasteiger partial charge in [-0.25, -0.2) is 8.78 Å². The van der Waals surface area contributed by atoms with Crippen LogP contribution in [0.1, 0.15) is 50.8 Å². The van der Waals surface area contributed by atoms with E-state index in [2.05, 4.69) is 25.7 Å². The summed E-state index contributed by atoms with van der Waals surface area (Å²) in [4.78, 5) is 2.45. The molecule has 0 aromatic heterocycles. The van der Waals surface area contributed by atoms with Crippen LogP contribution in [0.3, 0.4) is 0 Å². The molecule has 1 fully saturated rings. The lowest BCUT2D eigenvalue weighted by Gasteiger charge is -2.47. The number of fused-ring (bicyclic) bond motifs is 3. The number of hydrogen-bond acceptors (Lipinski definition) is 4. The first-order valence-corrected chi connectivity index (χ1v) is 9.72. The van der Waals surface area contributed by atoms with Crippen LogP contribution in [0.5, 0.6) is 11.5 Å². The lowest BCUT2D eigenvalue weighted by atomic mass is 9.75. The van der Waals surface area contributed by atoms with Crippen molar-refractivity contribution >= 4 is 0 Å². The van der Waals surface area contributed by atoms with Crippen LogP contribution < -0.4 is 9.47 Å². The average molecular weight is 383 g/mol. The van der Waals surface area contributed by atoms with E-state index in [0.29, 0.717) is 17.9 Å². The molecule has 4 nitrogen and oxygen atoms in total. The highest BCUT2D eigenvalue weighted by Crippen LogP contribution is 2.44. The first kappa shape index (κ1) is 20.3. The van der Waals surface area contributed by atoms with Crippen molar-refractivity contribution in [1.82, 2.24) is 4.90 Å². The summed E-state index contributed by atoms with van der Waals surface area (Å²) in [5.74, 6) is 1.12. The van der Waals surface area contributed by atoms with E-state index in [4.69, 9.17) is 9.47 Å². The molecular formula is C21H31F2NO3. The van der Waals surface area contributed by atoms with Crippen molar-refractivity contribution in [3.05, 3.63) is 23.3 Å². The lowest BCUT2D eigenvalue weighted by molar-refractivity contribution is -0.0259. The highest BCUT2D eigenvalue weighted by Gasteiger charge is 2.39.